The maximum atomic E-state index is 12.6. The number of carbonyl (C=O) groups is 2. The van der Waals surface area contributed by atoms with Crippen molar-refractivity contribution < 1.29 is 9.59 Å². The number of piperazine rings is 1. The third-order valence-electron chi connectivity index (χ3n) is 5.35. The number of nitrogens with two attached hydrogens (primary N) is 1. The normalized spacial score (nSPS) is 19.9. The summed E-state index contributed by atoms with van der Waals surface area (Å²) in [6.07, 6.45) is 1.54. The van der Waals surface area contributed by atoms with Crippen molar-refractivity contribution in [1.29, 1.82) is 0 Å². The third-order valence-corrected chi connectivity index (χ3v) is 5.35. The van der Waals surface area contributed by atoms with Crippen LogP contribution in [-0.4, -0.2) is 67.4 Å². The van der Waals surface area contributed by atoms with Crippen molar-refractivity contribution in [2.24, 2.45) is 11.7 Å². The quantitative estimate of drug-likeness (QED) is 0.879. The molecule has 0 spiro atoms. The van der Waals surface area contributed by atoms with Crippen molar-refractivity contribution in [1.82, 2.24) is 9.80 Å². The zero-order valence-corrected chi connectivity index (χ0v) is 15.0. The molecule has 2 N–H and O–H groups in total. The van der Waals surface area contributed by atoms with Gasteiger partial charge >= 0.3 is 0 Å². The standard InChI is InChI=1S/C19H28N4O2/c1-15-3-2-4-17(13-15)22-9-11-23(12-10-22)18(24)14-21-7-5-16(6-8-21)19(20)25/h2-4,13,16H,5-12,14H2,1H3,(H2,20,25). The van der Waals surface area contributed by atoms with Gasteiger partial charge in [-0.1, -0.05) is 12.1 Å². The molecule has 0 radical (unpaired) electrons. The average Bonchev–Trinajstić information content (AvgIpc) is 2.62. The number of amides is 2. The number of hydrogen-bond acceptors (Lipinski definition) is 4. The zero-order chi connectivity index (χ0) is 17.8. The molecule has 136 valence electrons. The van der Waals surface area contributed by atoms with Gasteiger partial charge in [0.05, 0.1) is 6.54 Å². The number of hydrogen-bond donors (Lipinski definition) is 1. The first kappa shape index (κ1) is 17.7. The van der Waals surface area contributed by atoms with Gasteiger partial charge in [0.15, 0.2) is 0 Å². The Hall–Kier alpha value is -2.08. The van der Waals surface area contributed by atoms with Gasteiger partial charge in [0.2, 0.25) is 11.8 Å². The van der Waals surface area contributed by atoms with Crippen LogP contribution in [0, 0.1) is 12.8 Å². The molecule has 0 aromatic heterocycles. The van der Waals surface area contributed by atoms with Crippen LogP contribution in [0.4, 0.5) is 5.69 Å². The van der Waals surface area contributed by atoms with Crippen molar-refractivity contribution in [2.75, 3.05) is 50.7 Å². The highest BCUT2D eigenvalue weighted by Gasteiger charge is 2.27. The predicted octanol–water partition coefficient (Wildman–Crippen LogP) is 0.841. The molecule has 25 heavy (non-hydrogen) atoms. The van der Waals surface area contributed by atoms with Gasteiger partial charge in [-0.05, 0) is 50.6 Å². The van der Waals surface area contributed by atoms with E-state index in [0.717, 1.165) is 52.1 Å². The maximum absolute atomic E-state index is 12.6. The summed E-state index contributed by atoms with van der Waals surface area (Å²) in [6, 6.07) is 8.51. The lowest BCUT2D eigenvalue weighted by Gasteiger charge is -2.38. The van der Waals surface area contributed by atoms with Crippen molar-refractivity contribution in [3.05, 3.63) is 29.8 Å². The van der Waals surface area contributed by atoms with Crippen LogP contribution < -0.4 is 10.6 Å². The monoisotopic (exact) mass is 344 g/mol. The summed E-state index contributed by atoms with van der Waals surface area (Å²) in [7, 11) is 0. The van der Waals surface area contributed by atoms with Crippen molar-refractivity contribution in [2.45, 2.75) is 19.8 Å². The first-order valence-electron chi connectivity index (χ1n) is 9.14. The summed E-state index contributed by atoms with van der Waals surface area (Å²) in [4.78, 5) is 30.2. The molecule has 2 amide bonds. The smallest absolute Gasteiger partial charge is 0.236 e. The zero-order valence-electron chi connectivity index (χ0n) is 15.0. The van der Waals surface area contributed by atoms with Gasteiger partial charge < -0.3 is 15.5 Å². The Balaban J connectivity index is 1.45. The Morgan fingerprint density at radius 3 is 2.36 bits per heavy atom. The number of carbonyl (C=O) groups excluding carboxylic acids is 2. The second kappa shape index (κ2) is 7.87. The minimum Gasteiger partial charge on any atom is -0.369 e. The second-order valence-corrected chi connectivity index (χ2v) is 7.16. The predicted molar refractivity (Wildman–Crippen MR) is 98.3 cm³/mol. The van der Waals surface area contributed by atoms with E-state index in [9.17, 15) is 9.59 Å². The van der Waals surface area contributed by atoms with E-state index < -0.39 is 0 Å². The lowest BCUT2D eigenvalue weighted by molar-refractivity contribution is -0.133. The highest BCUT2D eigenvalue weighted by molar-refractivity contribution is 5.79. The number of anilines is 1. The number of piperidine rings is 1. The van der Waals surface area contributed by atoms with Crippen LogP contribution in [0.1, 0.15) is 18.4 Å². The molecule has 2 heterocycles. The second-order valence-electron chi connectivity index (χ2n) is 7.16. The topological polar surface area (TPSA) is 69.9 Å². The van der Waals surface area contributed by atoms with Crippen LogP contribution in [0.5, 0.6) is 0 Å². The van der Waals surface area contributed by atoms with Crippen LogP contribution in [0.25, 0.3) is 0 Å². The van der Waals surface area contributed by atoms with Gasteiger partial charge in [-0.2, -0.15) is 0 Å². The summed E-state index contributed by atoms with van der Waals surface area (Å²) in [5.41, 5.74) is 7.86. The van der Waals surface area contributed by atoms with E-state index in [1.165, 1.54) is 11.3 Å². The Morgan fingerprint density at radius 2 is 1.76 bits per heavy atom. The molecule has 2 fully saturated rings. The SMILES string of the molecule is Cc1cccc(N2CCN(C(=O)CN3CCC(C(N)=O)CC3)CC2)c1. The van der Waals surface area contributed by atoms with E-state index in [2.05, 4.69) is 41.0 Å². The fraction of sp³-hybridized carbons (Fsp3) is 0.579. The molecular weight excluding hydrogens is 316 g/mol. The molecule has 1 aromatic carbocycles. The molecule has 0 saturated carbocycles. The molecule has 2 saturated heterocycles. The van der Waals surface area contributed by atoms with E-state index in [1.54, 1.807) is 0 Å². The highest BCUT2D eigenvalue weighted by atomic mass is 16.2. The summed E-state index contributed by atoms with van der Waals surface area (Å²) in [5.74, 6) is -0.0381. The first-order chi connectivity index (χ1) is 12.0. The van der Waals surface area contributed by atoms with Crippen molar-refractivity contribution in [3.8, 4) is 0 Å². The van der Waals surface area contributed by atoms with E-state index in [1.807, 2.05) is 4.90 Å². The molecule has 3 rings (SSSR count). The largest absolute Gasteiger partial charge is 0.369 e. The van der Waals surface area contributed by atoms with Gasteiger partial charge in [0, 0.05) is 37.8 Å². The van der Waals surface area contributed by atoms with Crippen LogP contribution in [0.15, 0.2) is 24.3 Å². The molecule has 0 bridgehead atoms. The van der Waals surface area contributed by atoms with Crippen LogP contribution in [0.3, 0.4) is 0 Å². The molecule has 1 aromatic rings. The molecular formula is C19H28N4O2. The number of nitrogens with zero attached hydrogens (tertiary/aromatic N) is 3. The summed E-state index contributed by atoms with van der Waals surface area (Å²) in [5, 5.41) is 0. The number of aryl methyl sites for hydroxylation is 1. The van der Waals surface area contributed by atoms with Gasteiger partial charge in [-0.3, -0.25) is 14.5 Å². The number of primary amides is 1. The van der Waals surface area contributed by atoms with Gasteiger partial charge in [-0.15, -0.1) is 0 Å². The Labute approximate surface area is 149 Å². The molecule has 2 aliphatic rings. The van der Waals surface area contributed by atoms with Crippen LogP contribution in [-0.2, 0) is 9.59 Å². The lowest BCUT2D eigenvalue weighted by atomic mass is 9.96. The van der Waals surface area contributed by atoms with Crippen molar-refractivity contribution >= 4 is 17.5 Å². The Morgan fingerprint density at radius 1 is 1.08 bits per heavy atom. The molecule has 0 atom stereocenters. The third kappa shape index (κ3) is 4.51. The van der Waals surface area contributed by atoms with E-state index >= 15 is 0 Å². The van der Waals surface area contributed by atoms with Crippen LogP contribution >= 0.6 is 0 Å². The first-order valence-corrected chi connectivity index (χ1v) is 9.14. The molecule has 0 unspecified atom stereocenters. The van der Waals surface area contributed by atoms with E-state index in [-0.39, 0.29) is 17.7 Å². The molecule has 0 aliphatic carbocycles. The van der Waals surface area contributed by atoms with Gasteiger partial charge in [0.25, 0.3) is 0 Å². The average molecular weight is 344 g/mol. The number of rotatable bonds is 4. The summed E-state index contributed by atoms with van der Waals surface area (Å²) in [6.45, 7) is 7.40. The highest BCUT2D eigenvalue weighted by Crippen LogP contribution is 2.19. The maximum Gasteiger partial charge on any atom is 0.236 e. The van der Waals surface area contributed by atoms with Gasteiger partial charge in [-0.25, -0.2) is 0 Å². The Kier molecular flexibility index (Phi) is 5.58. The van der Waals surface area contributed by atoms with Gasteiger partial charge in [0.1, 0.15) is 0 Å². The molecule has 6 nitrogen and oxygen atoms in total. The van der Waals surface area contributed by atoms with E-state index in [0.29, 0.717) is 6.54 Å². The Bertz CT molecular complexity index is 618. The summed E-state index contributed by atoms with van der Waals surface area (Å²) >= 11 is 0. The summed E-state index contributed by atoms with van der Waals surface area (Å²) < 4.78 is 0. The lowest BCUT2D eigenvalue weighted by Crippen LogP contribution is -2.52. The van der Waals surface area contributed by atoms with Crippen molar-refractivity contribution in [3.63, 3.8) is 0 Å². The minimum atomic E-state index is -0.210. The van der Waals surface area contributed by atoms with E-state index in [4.69, 9.17) is 5.73 Å². The van der Waals surface area contributed by atoms with Crippen LogP contribution in [0.2, 0.25) is 0 Å². The fourth-order valence-electron chi connectivity index (χ4n) is 3.71. The minimum absolute atomic E-state index is 0.0239. The number of likely N-dealkylation sites (tertiary alicyclic amines) is 1. The molecule has 2 aliphatic heterocycles. The molecule has 6 heteroatoms. The fourth-order valence-corrected chi connectivity index (χ4v) is 3.71. The number of benzene rings is 1.